The minimum Gasteiger partial charge on any atom is -0.493 e. The van der Waals surface area contributed by atoms with E-state index in [4.69, 9.17) is 19.3 Å². The average molecular weight is 489 g/mol. The van der Waals surface area contributed by atoms with Crippen molar-refractivity contribution in [2.24, 2.45) is 5.92 Å². The Morgan fingerprint density at radius 2 is 1.71 bits per heavy atom. The van der Waals surface area contributed by atoms with Crippen LogP contribution in [0.2, 0.25) is 0 Å². The fourth-order valence-electron chi connectivity index (χ4n) is 3.21. The van der Waals surface area contributed by atoms with E-state index in [9.17, 15) is 9.59 Å². The lowest BCUT2D eigenvalue weighted by atomic mass is 9.84. The highest BCUT2D eigenvalue weighted by Crippen LogP contribution is 2.36. The molecule has 0 amide bonds. The molecule has 1 aliphatic carbocycles. The molecule has 0 aromatic heterocycles. The Morgan fingerprint density at radius 1 is 1.06 bits per heavy atom. The number of thiol groups is 3. The number of Topliss-reactive ketones (excluding diaryl/α,β-unsaturated/α-hetero) is 1. The molecule has 0 spiro atoms. The molecule has 0 heterocycles. The van der Waals surface area contributed by atoms with Crippen molar-refractivity contribution in [3.8, 4) is 0 Å². The van der Waals surface area contributed by atoms with Gasteiger partial charge in [-0.3, -0.25) is 9.59 Å². The summed E-state index contributed by atoms with van der Waals surface area (Å²) >= 11 is 13.5. The molecule has 0 saturated heterocycles. The van der Waals surface area contributed by atoms with Crippen LogP contribution in [0.1, 0.15) is 39.0 Å². The predicted octanol–water partition coefficient (Wildman–Crippen LogP) is 4.05. The number of ketones is 1. The molecule has 0 radical (unpaired) electrons. The smallest absolute Gasteiger partial charge is 0.303 e. The van der Waals surface area contributed by atoms with Gasteiger partial charge >= 0.3 is 5.97 Å². The molecule has 6 nitrogen and oxygen atoms in total. The average Bonchev–Trinajstić information content (AvgIpc) is 2.72. The maximum atomic E-state index is 12.6. The maximum Gasteiger partial charge on any atom is 0.303 e. The summed E-state index contributed by atoms with van der Waals surface area (Å²) in [4.78, 5) is 26.1. The van der Waals surface area contributed by atoms with Crippen molar-refractivity contribution in [2.45, 2.75) is 50.4 Å². The van der Waals surface area contributed by atoms with E-state index in [-0.39, 0.29) is 23.9 Å². The van der Waals surface area contributed by atoms with E-state index >= 15 is 0 Å². The molecular formula is C22H32O6S3. The first-order chi connectivity index (χ1) is 14.8. The van der Waals surface area contributed by atoms with Gasteiger partial charge in [0.05, 0.1) is 26.1 Å². The zero-order valence-electron chi connectivity index (χ0n) is 18.1. The number of hydrogen-bond acceptors (Lipinski definition) is 9. The molecule has 1 aliphatic rings. The quantitative estimate of drug-likeness (QED) is 0.189. The zero-order chi connectivity index (χ0) is 23.4. The fourth-order valence-corrected chi connectivity index (χ4v) is 4.10. The Bertz CT molecular complexity index is 742. The Hall–Kier alpha value is -1.29. The van der Waals surface area contributed by atoms with E-state index in [1.54, 1.807) is 6.08 Å². The molecule has 0 aromatic carbocycles. The van der Waals surface area contributed by atoms with Crippen molar-refractivity contribution < 1.29 is 28.9 Å². The second-order valence-corrected chi connectivity index (χ2v) is 8.67. The van der Waals surface area contributed by atoms with Gasteiger partial charge in [-0.1, -0.05) is 24.3 Å². The van der Waals surface area contributed by atoms with Gasteiger partial charge in [-0.05, 0) is 41.9 Å². The van der Waals surface area contributed by atoms with Gasteiger partial charge < -0.3 is 19.3 Å². The Morgan fingerprint density at radius 3 is 2.29 bits per heavy atom. The molecule has 1 rings (SSSR count). The highest BCUT2D eigenvalue weighted by Gasteiger charge is 2.45. The third kappa shape index (κ3) is 9.00. The summed E-state index contributed by atoms with van der Waals surface area (Å²) in [5.74, 6) is -0.969. The van der Waals surface area contributed by atoms with Crippen molar-refractivity contribution in [3.05, 3.63) is 45.6 Å². The maximum absolute atomic E-state index is 12.6. The molecule has 0 aromatic rings. The van der Waals surface area contributed by atoms with Gasteiger partial charge in [-0.2, -0.15) is 12.6 Å². The third-order valence-electron chi connectivity index (χ3n) is 4.73. The number of allylic oxidation sites excluding steroid dienone is 6. The number of esters is 1. The van der Waals surface area contributed by atoms with E-state index < -0.39 is 23.2 Å². The normalized spacial score (nSPS) is 22.8. The lowest BCUT2D eigenvalue weighted by Crippen LogP contribution is -2.44. The van der Waals surface area contributed by atoms with E-state index in [0.717, 1.165) is 29.1 Å². The zero-order valence-corrected chi connectivity index (χ0v) is 20.8. The second-order valence-electron chi connectivity index (χ2n) is 6.96. The number of aliphatic hydroxyl groups is 1. The minimum atomic E-state index is -0.772. The molecule has 1 N–H and O–H groups in total. The topological polar surface area (TPSA) is 82.1 Å². The standard InChI is InChI=1S/C22H32O6S3/c1-14(24)28-19-17(22(31)18(25)20(26-2)21(19)27-3)12-11-16(30)10-7-9-15(29)8-5-4-6-13-23/h4,6,9,11,17,19,22-23,29-31H,5,7-8,10,12-13H2,1-3H3/b6-4+,15-9-,16-11-/t17-,19+,22+/m0/s1. The fraction of sp³-hybridized carbons (Fsp3) is 0.545. The second kappa shape index (κ2) is 14.7. The minimum absolute atomic E-state index is 0.0281. The van der Waals surface area contributed by atoms with E-state index in [1.165, 1.54) is 21.1 Å². The van der Waals surface area contributed by atoms with Crippen LogP contribution in [-0.2, 0) is 23.8 Å². The first-order valence-corrected chi connectivity index (χ1v) is 11.4. The summed E-state index contributed by atoms with van der Waals surface area (Å²) in [6.07, 6.45) is 10.4. The predicted molar refractivity (Wildman–Crippen MR) is 131 cm³/mol. The Kier molecular flexibility index (Phi) is 13.2. The van der Waals surface area contributed by atoms with Crippen molar-refractivity contribution in [1.29, 1.82) is 0 Å². The molecular weight excluding hydrogens is 456 g/mol. The lowest BCUT2D eigenvalue weighted by Gasteiger charge is -2.35. The molecule has 0 aliphatic heterocycles. The van der Waals surface area contributed by atoms with Crippen LogP contribution in [0.5, 0.6) is 0 Å². The van der Waals surface area contributed by atoms with Crippen LogP contribution >= 0.6 is 37.9 Å². The van der Waals surface area contributed by atoms with Gasteiger partial charge in [0.2, 0.25) is 11.5 Å². The Balaban J connectivity index is 2.82. The van der Waals surface area contributed by atoms with Gasteiger partial charge in [-0.25, -0.2) is 0 Å². The first kappa shape index (κ1) is 27.7. The first-order valence-electron chi connectivity index (χ1n) is 10.00. The van der Waals surface area contributed by atoms with Crippen LogP contribution < -0.4 is 0 Å². The number of methoxy groups -OCH3 is 2. The van der Waals surface area contributed by atoms with Gasteiger partial charge in [0.25, 0.3) is 0 Å². The highest BCUT2D eigenvalue weighted by molar-refractivity contribution is 7.84. The van der Waals surface area contributed by atoms with Crippen LogP contribution in [0.3, 0.4) is 0 Å². The largest absolute Gasteiger partial charge is 0.493 e. The van der Waals surface area contributed by atoms with Crippen molar-refractivity contribution in [2.75, 3.05) is 20.8 Å². The number of carbonyl (C=O) groups excluding carboxylic acids is 2. The number of hydrogen-bond donors (Lipinski definition) is 4. The molecule has 9 heteroatoms. The van der Waals surface area contributed by atoms with E-state index in [1.807, 2.05) is 18.2 Å². The van der Waals surface area contributed by atoms with E-state index in [0.29, 0.717) is 12.8 Å². The molecule has 3 atom stereocenters. The number of carbonyl (C=O) groups is 2. The molecule has 0 unspecified atom stereocenters. The van der Waals surface area contributed by atoms with E-state index in [2.05, 4.69) is 37.9 Å². The summed E-state index contributed by atoms with van der Waals surface area (Å²) in [7, 11) is 2.78. The molecule has 31 heavy (non-hydrogen) atoms. The summed E-state index contributed by atoms with van der Waals surface area (Å²) in [5, 5.41) is 8.02. The highest BCUT2D eigenvalue weighted by atomic mass is 32.1. The summed E-state index contributed by atoms with van der Waals surface area (Å²) in [5.41, 5.74) is 0. The molecule has 0 saturated carbocycles. The SMILES string of the molecule is COC1=C(OC)[C@H](OC(C)=O)[C@H](C/C=C(\S)CC/C=C(\S)CC/C=C/CO)[C@@H](S)C1=O. The van der Waals surface area contributed by atoms with Crippen LogP contribution in [0.4, 0.5) is 0 Å². The number of aliphatic hydroxyl groups excluding tert-OH is 1. The molecule has 174 valence electrons. The van der Waals surface area contributed by atoms with Crippen LogP contribution in [0.25, 0.3) is 0 Å². The van der Waals surface area contributed by atoms with Crippen molar-refractivity contribution in [1.82, 2.24) is 0 Å². The number of rotatable bonds is 12. The molecule has 0 fully saturated rings. The van der Waals surface area contributed by atoms with Crippen LogP contribution in [0, 0.1) is 5.92 Å². The lowest BCUT2D eigenvalue weighted by molar-refractivity contribution is -0.151. The van der Waals surface area contributed by atoms with Gasteiger partial charge in [0.15, 0.2) is 11.9 Å². The van der Waals surface area contributed by atoms with Crippen molar-refractivity contribution >= 4 is 49.6 Å². The molecule has 0 bridgehead atoms. The summed E-state index contributed by atoms with van der Waals surface area (Å²) in [6.45, 7) is 1.35. The van der Waals surface area contributed by atoms with Crippen LogP contribution in [0.15, 0.2) is 45.6 Å². The van der Waals surface area contributed by atoms with Gasteiger partial charge in [-0.15, -0.1) is 25.3 Å². The van der Waals surface area contributed by atoms with Gasteiger partial charge in [0.1, 0.15) is 0 Å². The number of ether oxygens (including phenoxy) is 3. The monoisotopic (exact) mass is 488 g/mol. The van der Waals surface area contributed by atoms with Gasteiger partial charge in [0, 0.05) is 12.8 Å². The van der Waals surface area contributed by atoms with Crippen molar-refractivity contribution in [3.63, 3.8) is 0 Å². The van der Waals surface area contributed by atoms with Crippen LogP contribution in [-0.4, -0.2) is 49.0 Å². The Labute approximate surface area is 201 Å². The third-order valence-corrected chi connectivity index (χ3v) is 6.16. The summed E-state index contributed by atoms with van der Waals surface area (Å²) in [6, 6.07) is 0. The summed E-state index contributed by atoms with van der Waals surface area (Å²) < 4.78 is 16.0.